The zero-order valence-electron chi connectivity index (χ0n) is 11.2. The predicted molar refractivity (Wildman–Crippen MR) is 80.2 cm³/mol. The summed E-state index contributed by atoms with van der Waals surface area (Å²) in [5.74, 6) is 0.234. The number of hydrogen-bond donors (Lipinski definition) is 0. The minimum absolute atomic E-state index is 0.234. The second kappa shape index (κ2) is 7.10. The van der Waals surface area contributed by atoms with Gasteiger partial charge in [-0.05, 0) is 41.3 Å². The molecule has 2 rings (SSSR count). The fraction of sp³-hybridized carbons (Fsp3) is 0.312. The molecule has 0 radical (unpaired) electrons. The van der Waals surface area contributed by atoms with Crippen molar-refractivity contribution >= 4 is 17.2 Å². The van der Waals surface area contributed by atoms with Crippen molar-refractivity contribution in [1.29, 1.82) is 0 Å². The molecule has 0 aliphatic rings. The van der Waals surface area contributed by atoms with E-state index in [1.54, 1.807) is 11.3 Å². The van der Waals surface area contributed by atoms with Gasteiger partial charge in [-0.15, -0.1) is 0 Å². The first-order valence-electron chi connectivity index (χ1n) is 6.62. The summed E-state index contributed by atoms with van der Waals surface area (Å²) in [7, 11) is 0. The lowest BCUT2D eigenvalue weighted by Gasteiger charge is -2.21. The van der Waals surface area contributed by atoms with Crippen LogP contribution in [0.4, 0.5) is 0 Å². The van der Waals surface area contributed by atoms with Gasteiger partial charge < -0.3 is 4.90 Å². The average Bonchev–Trinajstić information content (AvgIpc) is 2.96. The molecule has 2 nitrogen and oxygen atoms in total. The third-order valence-corrected chi connectivity index (χ3v) is 3.89. The number of aryl methyl sites for hydroxylation is 1. The molecule has 0 atom stereocenters. The van der Waals surface area contributed by atoms with Gasteiger partial charge in [0.25, 0.3) is 0 Å². The Labute approximate surface area is 118 Å². The zero-order valence-corrected chi connectivity index (χ0v) is 12.0. The van der Waals surface area contributed by atoms with Crippen molar-refractivity contribution < 1.29 is 4.79 Å². The van der Waals surface area contributed by atoms with Gasteiger partial charge in [-0.1, -0.05) is 30.3 Å². The van der Waals surface area contributed by atoms with Crippen LogP contribution in [0.1, 0.15) is 24.5 Å². The summed E-state index contributed by atoms with van der Waals surface area (Å²) in [6.07, 6.45) is 1.44. The number of carbonyl (C=O) groups excluding carboxylic acids is 1. The van der Waals surface area contributed by atoms with Gasteiger partial charge in [-0.3, -0.25) is 4.79 Å². The van der Waals surface area contributed by atoms with Crippen LogP contribution >= 0.6 is 11.3 Å². The first-order chi connectivity index (χ1) is 9.29. The first-order valence-corrected chi connectivity index (χ1v) is 7.56. The van der Waals surface area contributed by atoms with Gasteiger partial charge in [0.05, 0.1) is 0 Å². The highest BCUT2D eigenvalue weighted by Gasteiger charge is 2.12. The van der Waals surface area contributed by atoms with Crippen LogP contribution in [0, 0.1) is 0 Å². The van der Waals surface area contributed by atoms with Crippen LogP contribution in [0.3, 0.4) is 0 Å². The van der Waals surface area contributed by atoms with Gasteiger partial charge >= 0.3 is 0 Å². The Bertz CT molecular complexity index is 493. The summed E-state index contributed by atoms with van der Waals surface area (Å²) in [5.41, 5.74) is 2.45. The molecule has 3 heteroatoms. The summed E-state index contributed by atoms with van der Waals surface area (Å²) in [5, 5.41) is 4.17. The van der Waals surface area contributed by atoms with Crippen molar-refractivity contribution in [3.63, 3.8) is 0 Å². The predicted octanol–water partition coefficient (Wildman–Crippen LogP) is 3.73. The maximum atomic E-state index is 12.2. The Morgan fingerprint density at radius 3 is 2.58 bits per heavy atom. The van der Waals surface area contributed by atoms with Gasteiger partial charge in [-0.25, -0.2) is 0 Å². The molecule has 0 unspecified atom stereocenters. The quantitative estimate of drug-likeness (QED) is 0.785. The van der Waals surface area contributed by atoms with E-state index in [9.17, 15) is 4.79 Å². The minimum atomic E-state index is 0.234. The average molecular weight is 273 g/mol. The molecular weight excluding hydrogens is 254 g/mol. The molecule has 0 spiro atoms. The van der Waals surface area contributed by atoms with Crippen LogP contribution in [0.2, 0.25) is 0 Å². The SMILES string of the molecule is CCN(Cc1ccccc1)C(=O)CCc1ccsc1. The van der Waals surface area contributed by atoms with E-state index in [1.807, 2.05) is 30.0 Å². The lowest BCUT2D eigenvalue weighted by atomic mass is 10.1. The smallest absolute Gasteiger partial charge is 0.223 e. The van der Waals surface area contributed by atoms with Crippen LogP contribution in [0.5, 0.6) is 0 Å². The lowest BCUT2D eigenvalue weighted by molar-refractivity contribution is -0.131. The van der Waals surface area contributed by atoms with Crippen LogP contribution in [0.15, 0.2) is 47.2 Å². The van der Waals surface area contributed by atoms with E-state index < -0.39 is 0 Å². The number of hydrogen-bond acceptors (Lipinski definition) is 2. The topological polar surface area (TPSA) is 20.3 Å². The Balaban J connectivity index is 1.88. The molecule has 0 aliphatic heterocycles. The van der Waals surface area contributed by atoms with Gasteiger partial charge in [0, 0.05) is 19.5 Å². The van der Waals surface area contributed by atoms with Crippen molar-refractivity contribution in [1.82, 2.24) is 4.90 Å². The fourth-order valence-corrected chi connectivity index (χ4v) is 2.73. The van der Waals surface area contributed by atoms with E-state index in [0.29, 0.717) is 13.0 Å². The summed E-state index contributed by atoms with van der Waals surface area (Å²) < 4.78 is 0. The molecular formula is C16H19NOS. The number of rotatable bonds is 6. The Kier molecular flexibility index (Phi) is 5.16. The molecule has 0 aliphatic carbocycles. The maximum absolute atomic E-state index is 12.2. The molecule has 1 heterocycles. The molecule has 100 valence electrons. The second-order valence-corrected chi connectivity index (χ2v) is 5.31. The highest BCUT2D eigenvalue weighted by molar-refractivity contribution is 7.07. The molecule has 0 saturated carbocycles. The van der Waals surface area contributed by atoms with E-state index in [-0.39, 0.29) is 5.91 Å². The van der Waals surface area contributed by atoms with Crippen molar-refractivity contribution in [2.45, 2.75) is 26.3 Å². The van der Waals surface area contributed by atoms with Crippen LogP contribution < -0.4 is 0 Å². The number of amides is 1. The molecule has 2 aromatic rings. The fourth-order valence-electron chi connectivity index (χ4n) is 2.02. The van der Waals surface area contributed by atoms with Gasteiger partial charge in [0.1, 0.15) is 0 Å². The Hall–Kier alpha value is -1.61. The number of benzene rings is 1. The number of thiophene rings is 1. The van der Waals surface area contributed by atoms with Crippen LogP contribution in [0.25, 0.3) is 0 Å². The highest BCUT2D eigenvalue weighted by atomic mass is 32.1. The maximum Gasteiger partial charge on any atom is 0.223 e. The molecule has 0 fully saturated rings. The van der Waals surface area contributed by atoms with Crippen LogP contribution in [-0.4, -0.2) is 17.4 Å². The zero-order chi connectivity index (χ0) is 13.5. The van der Waals surface area contributed by atoms with Crippen molar-refractivity contribution in [3.8, 4) is 0 Å². The molecule has 1 aromatic carbocycles. The molecule has 1 amide bonds. The molecule has 0 N–H and O–H groups in total. The van der Waals surface area contributed by atoms with E-state index in [4.69, 9.17) is 0 Å². The normalized spacial score (nSPS) is 10.4. The van der Waals surface area contributed by atoms with Crippen molar-refractivity contribution in [2.75, 3.05) is 6.54 Å². The third-order valence-electron chi connectivity index (χ3n) is 3.16. The number of carbonyl (C=O) groups is 1. The van der Waals surface area contributed by atoms with E-state index >= 15 is 0 Å². The molecule has 1 aromatic heterocycles. The van der Waals surface area contributed by atoms with E-state index in [2.05, 4.69) is 29.0 Å². The summed E-state index contributed by atoms with van der Waals surface area (Å²) >= 11 is 1.68. The summed E-state index contributed by atoms with van der Waals surface area (Å²) in [6.45, 7) is 3.50. The van der Waals surface area contributed by atoms with Crippen molar-refractivity contribution in [2.24, 2.45) is 0 Å². The second-order valence-electron chi connectivity index (χ2n) is 4.53. The van der Waals surface area contributed by atoms with Gasteiger partial charge in [0.15, 0.2) is 0 Å². The van der Waals surface area contributed by atoms with Crippen LogP contribution in [-0.2, 0) is 17.8 Å². The van der Waals surface area contributed by atoms with Crippen molar-refractivity contribution in [3.05, 3.63) is 58.3 Å². The third kappa shape index (κ3) is 4.21. The van der Waals surface area contributed by atoms with E-state index in [1.165, 1.54) is 11.1 Å². The molecule has 0 saturated heterocycles. The Morgan fingerprint density at radius 2 is 1.95 bits per heavy atom. The Morgan fingerprint density at radius 1 is 1.16 bits per heavy atom. The molecule has 19 heavy (non-hydrogen) atoms. The van der Waals surface area contributed by atoms with Gasteiger partial charge in [-0.2, -0.15) is 11.3 Å². The summed E-state index contributed by atoms with van der Waals surface area (Å²) in [4.78, 5) is 14.1. The first kappa shape index (κ1) is 13.8. The standard InChI is InChI=1S/C16H19NOS/c1-2-17(12-14-6-4-3-5-7-14)16(18)9-8-15-10-11-19-13-15/h3-7,10-11,13H,2,8-9,12H2,1H3. The monoisotopic (exact) mass is 273 g/mol. The largest absolute Gasteiger partial charge is 0.339 e. The highest BCUT2D eigenvalue weighted by Crippen LogP contribution is 2.11. The summed E-state index contributed by atoms with van der Waals surface area (Å²) in [6, 6.07) is 12.2. The molecule has 0 bridgehead atoms. The minimum Gasteiger partial charge on any atom is -0.339 e. The van der Waals surface area contributed by atoms with Gasteiger partial charge in [0.2, 0.25) is 5.91 Å². The van der Waals surface area contributed by atoms with E-state index in [0.717, 1.165) is 13.0 Å². The lowest BCUT2D eigenvalue weighted by Crippen LogP contribution is -2.30. The number of nitrogens with zero attached hydrogens (tertiary/aromatic N) is 1.